The number of nitrogens with one attached hydrogen (secondary N) is 1. The smallest absolute Gasteiger partial charge is 0.323 e. The fourth-order valence-electron chi connectivity index (χ4n) is 1.73. The van der Waals surface area contributed by atoms with Crippen molar-refractivity contribution < 1.29 is 9.90 Å². The molecule has 1 fully saturated rings. The minimum absolute atomic E-state index is 0.00199. The van der Waals surface area contributed by atoms with Crippen LogP contribution in [0.25, 0.3) is 0 Å². The van der Waals surface area contributed by atoms with Gasteiger partial charge in [0.15, 0.2) is 0 Å². The second-order valence-corrected chi connectivity index (χ2v) is 5.33. The summed E-state index contributed by atoms with van der Waals surface area (Å²) in [4.78, 5) is 15.6. The molecule has 1 unspecified atom stereocenters. The Bertz CT molecular complexity index is 302. The largest absolute Gasteiger partial charge is 0.390 e. The van der Waals surface area contributed by atoms with Crippen molar-refractivity contribution >= 4 is 17.8 Å². The number of β-amino-alcohol motifs (C(OH)–C–C–N with tert-alkyl or cyclic N) is 1. The van der Waals surface area contributed by atoms with Crippen LogP contribution in [0, 0.1) is 0 Å². The van der Waals surface area contributed by atoms with Crippen LogP contribution in [0.2, 0.25) is 0 Å². The minimum Gasteiger partial charge on any atom is -0.390 e. The van der Waals surface area contributed by atoms with E-state index in [1.54, 1.807) is 22.9 Å². The van der Waals surface area contributed by atoms with Crippen molar-refractivity contribution in [2.24, 2.45) is 0 Å². The average Bonchev–Trinajstić information content (AvgIpc) is 2.59. The first-order valence-corrected chi connectivity index (χ1v) is 6.35. The molecule has 16 heavy (non-hydrogen) atoms. The molecule has 1 saturated heterocycles. The molecular formula is C10H17N3O2S. The molecule has 2 N–H and O–H groups in total. The molecule has 2 heterocycles. The Morgan fingerprint density at radius 3 is 2.81 bits per heavy atom. The summed E-state index contributed by atoms with van der Waals surface area (Å²) in [6, 6.07) is 0.0526. The van der Waals surface area contributed by atoms with Gasteiger partial charge in [0.25, 0.3) is 0 Å². The number of carbonyl (C=O) groups excluding carboxylic acids is 1. The molecule has 2 aliphatic rings. The van der Waals surface area contributed by atoms with Gasteiger partial charge in [-0.15, -0.1) is 0 Å². The minimum atomic E-state index is -0.240. The molecule has 2 aliphatic heterocycles. The summed E-state index contributed by atoms with van der Waals surface area (Å²) in [5, 5.41) is 14.0. The third-order valence-electron chi connectivity index (χ3n) is 2.51. The van der Waals surface area contributed by atoms with E-state index in [4.69, 9.17) is 0 Å². The number of aliphatic hydroxyl groups excluding tert-OH is 1. The molecule has 0 bridgehead atoms. The lowest BCUT2D eigenvalue weighted by molar-refractivity contribution is -0.0249. The number of thioether (sulfide) groups is 1. The standard InChI is InChI=1S/C10H17N3O2S/c1-7(2)11-9(15)13-3-4-16-10(13)12-5-8(14)6-12/h3-4,7-8,10,14H,5-6H2,1-2H3,(H,11,15). The van der Waals surface area contributed by atoms with E-state index in [-0.39, 0.29) is 23.7 Å². The van der Waals surface area contributed by atoms with Crippen molar-refractivity contribution in [2.75, 3.05) is 13.1 Å². The van der Waals surface area contributed by atoms with Gasteiger partial charge in [-0.2, -0.15) is 0 Å². The van der Waals surface area contributed by atoms with E-state index in [1.165, 1.54) is 0 Å². The number of amides is 2. The van der Waals surface area contributed by atoms with Gasteiger partial charge < -0.3 is 10.4 Å². The van der Waals surface area contributed by atoms with Crippen LogP contribution in [-0.2, 0) is 0 Å². The molecule has 1 atom stereocenters. The number of hydrogen-bond donors (Lipinski definition) is 2. The van der Waals surface area contributed by atoms with E-state index >= 15 is 0 Å². The Morgan fingerprint density at radius 1 is 1.56 bits per heavy atom. The summed E-state index contributed by atoms with van der Waals surface area (Å²) in [5.41, 5.74) is 0.00199. The molecule has 6 heteroatoms. The Hall–Kier alpha value is -0.720. The van der Waals surface area contributed by atoms with E-state index < -0.39 is 0 Å². The van der Waals surface area contributed by atoms with E-state index in [9.17, 15) is 9.90 Å². The number of rotatable bonds is 2. The maximum Gasteiger partial charge on any atom is 0.323 e. The van der Waals surface area contributed by atoms with Crippen LogP contribution in [0.4, 0.5) is 4.79 Å². The van der Waals surface area contributed by atoms with Gasteiger partial charge in [0.1, 0.15) is 5.50 Å². The summed E-state index contributed by atoms with van der Waals surface area (Å²) >= 11 is 1.59. The third-order valence-corrected chi connectivity index (χ3v) is 3.56. The molecule has 0 aromatic heterocycles. The zero-order chi connectivity index (χ0) is 11.7. The van der Waals surface area contributed by atoms with Gasteiger partial charge >= 0.3 is 6.03 Å². The molecule has 2 rings (SSSR count). The fourth-order valence-corrected chi connectivity index (χ4v) is 2.71. The maximum atomic E-state index is 11.9. The summed E-state index contributed by atoms with van der Waals surface area (Å²) in [6.45, 7) is 5.16. The topological polar surface area (TPSA) is 55.8 Å². The number of hydrogen-bond acceptors (Lipinski definition) is 4. The highest BCUT2D eigenvalue weighted by Crippen LogP contribution is 2.31. The van der Waals surface area contributed by atoms with Gasteiger partial charge in [-0.3, -0.25) is 9.80 Å². The van der Waals surface area contributed by atoms with Crippen LogP contribution in [-0.4, -0.2) is 51.7 Å². The fraction of sp³-hybridized carbons (Fsp3) is 0.700. The van der Waals surface area contributed by atoms with Crippen molar-refractivity contribution in [3.63, 3.8) is 0 Å². The summed E-state index contributed by atoms with van der Waals surface area (Å²) in [7, 11) is 0. The van der Waals surface area contributed by atoms with Crippen LogP contribution in [0.5, 0.6) is 0 Å². The van der Waals surface area contributed by atoms with Crippen molar-refractivity contribution in [2.45, 2.75) is 31.5 Å². The lowest BCUT2D eigenvalue weighted by Gasteiger charge is -2.42. The molecular weight excluding hydrogens is 226 g/mol. The highest BCUT2D eigenvalue weighted by Gasteiger charge is 2.37. The number of carbonyl (C=O) groups is 1. The predicted octanol–water partition coefficient (Wildman–Crippen LogP) is 0.585. The molecule has 90 valence electrons. The van der Waals surface area contributed by atoms with Gasteiger partial charge in [-0.1, -0.05) is 11.8 Å². The first-order chi connectivity index (χ1) is 7.58. The molecule has 5 nitrogen and oxygen atoms in total. The second-order valence-electron chi connectivity index (χ2n) is 4.37. The number of urea groups is 1. The van der Waals surface area contributed by atoms with Crippen molar-refractivity contribution in [1.29, 1.82) is 0 Å². The maximum absolute atomic E-state index is 11.9. The number of likely N-dealkylation sites (tertiary alicyclic amines) is 1. The summed E-state index contributed by atoms with van der Waals surface area (Å²) in [6.07, 6.45) is 1.55. The van der Waals surface area contributed by atoms with Crippen LogP contribution in [0.1, 0.15) is 13.8 Å². The first kappa shape index (κ1) is 11.8. The molecule has 0 aromatic carbocycles. The van der Waals surface area contributed by atoms with E-state index in [2.05, 4.69) is 10.2 Å². The van der Waals surface area contributed by atoms with Crippen LogP contribution >= 0.6 is 11.8 Å². The van der Waals surface area contributed by atoms with Crippen molar-refractivity contribution in [1.82, 2.24) is 15.1 Å². The molecule has 0 aromatic rings. The Balaban J connectivity index is 1.92. The third kappa shape index (κ3) is 2.34. The van der Waals surface area contributed by atoms with Gasteiger partial charge in [0, 0.05) is 25.3 Å². The number of aliphatic hydroxyl groups is 1. The summed E-state index contributed by atoms with van der Waals surface area (Å²) < 4.78 is 0. The van der Waals surface area contributed by atoms with E-state index in [0.717, 1.165) is 0 Å². The summed E-state index contributed by atoms with van der Waals surface area (Å²) in [5.74, 6) is 0. The van der Waals surface area contributed by atoms with Crippen LogP contribution in [0.15, 0.2) is 11.6 Å². The normalized spacial score (nSPS) is 26.2. The van der Waals surface area contributed by atoms with E-state index in [0.29, 0.717) is 13.1 Å². The first-order valence-electron chi connectivity index (χ1n) is 5.41. The van der Waals surface area contributed by atoms with Gasteiger partial charge in [0.2, 0.25) is 0 Å². The van der Waals surface area contributed by atoms with E-state index in [1.807, 2.05) is 19.3 Å². The Kier molecular flexibility index (Phi) is 3.41. The monoisotopic (exact) mass is 243 g/mol. The van der Waals surface area contributed by atoms with Gasteiger partial charge in [0.05, 0.1) is 6.10 Å². The van der Waals surface area contributed by atoms with Crippen molar-refractivity contribution in [3.05, 3.63) is 11.6 Å². The number of nitrogens with zero attached hydrogens (tertiary/aromatic N) is 2. The Labute approximate surface area is 99.5 Å². The quantitative estimate of drug-likeness (QED) is 0.745. The molecule has 0 saturated carbocycles. The Morgan fingerprint density at radius 2 is 2.25 bits per heavy atom. The van der Waals surface area contributed by atoms with Crippen molar-refractivity contribution in [3.8, 4) is 0 Å². The molecule has 0 spiro atoms. The lowest BCUT2D eigenvalue weighted by Crippen LogP contribution is -2.59. The second kappa shape index (κ2) is 4.65. The van der Waals surface area contributed by atoms with Crippen LogP contribution < -0.4 is 5.32 Å². The molecule has 2 amide bonds. The van der Waals surface area contributed by atoms with Gasteiger partial charge in [-0.05, 0) is 19.3 Å². The predicted molar refractivity (Wildman–Crippen MR) is 63.6 cm³/mol. The van der Waals surface area contributed by atoms with Crippen LogP contribution in [0.3, 0.4) is 0 Å². The highest BCUT2D eigenvalue weighted by atomic mass is 32.2. The van der Waals surface area contributed by atoms with Gasteiger partial charge in [-0.25, -0.2) is 4.79 Å². The highest BCUT2D eigenvalue weighted by molar-refractivity contribution is 8.02. The zero-order valence-corrected chi connectivity index (χ0v) is 10.3. The average molecular weight is 243 g/mol. The molecule has 0 radical (unpaired) electrons. The molecule has 0 aliphatic carbocycles. The SMILES string of the molecule is CC(C)NC(=O)N1C=CSC1N1CC(O)C1. The zero-order valence-electron chi connectivity index (χ0n) is 9.46. The lowest BCUT2D eigenvalue weighted by atomic mass is 10.2.